The maximum Gasteiger partial charge on any atom is 0.124 e. The Kier molecular flexibility index (Phi) is 5.71. The molecule has 1 aromatic rings. The highest BCUT2D eigenvalue weighted by atomic mass is 19.1. The van der Waals surface area contributed by atoms with Crippen LogP contribution in [0.4, 0.5) is 4.39 Å². The molecule has 2 rings (SSSR count). The SMILES string of the molecule is CC1CN(Cc2cc(F)cc(C#CCO)c2)CC(CO)O1. The lowest BCUT2D eigenvalue weighted by Gasteiger charge is -2.36. The van der Waals surface area contributed by atoms with Gasteiger partial charge < -0.3 is 14.9 Å². The molecule has 0 aliphatic carbocycles. The van der Waals surface area contributed by atoms with E-state index in [4.69, 9.17) is 9.84 Å². The van der Waals surface area contributed by atoms with E-state index in [1.807, 2.05) is 13.0 Å². The van der Waals surface area contributed by atoms with Crippen LogP contribution >= 0.6 is 0 Å². The van der Waals surface area contributed by atoms with E-state index >= 15 is 0 Å². The van der Waals surface area contributed by atoms with Crippen LogP contribution in [0.15, 0.2) is 18.2 Å². The first-order valence-corrected chi connectivity index (χ1v) is 6.98. The molecular weight excluding hydrogens is 273 g/mol. The van der Waals surface area contributed by atoms with E-state index in [-0.39, 0.29) is 31.2 Å². The first-order chi connectivity index (χ1) is 10.1. The quantitative estimate of drug-likeness (QED) is 0.808. The molecular formula is C16H20FNO3. The van der Waals surface area contributed by atoms with Gasteiger partial charge in [-0.2, -0.15) is 0 Å². The average molecular weight is 293 g/mol. The third-order valence-corrected chi connectivity index (χ3v) is 3.28. The van der Waals surface area contributed by atoms with Gasteiger partial charge in [-0.25, -0.2) is 4.39 Å². The van der Waals surface area contributed by atoms with Crippen molar-refractivity contribution in [2.24, 2.45) is 0 Å². The second-order valence-corrected chi connectivity index (χ2v) is 5.25. The number of nitrogens with zero attached hydrogens (tertiary/aromatic N) is 1. The standard InChI is InChI=1S/C16H20FNO3/c1-12-8-18(10-16(11-20)21-12)9-14-5-13(3-2-4-19)6-15(17)7-14/h5-7,12,16,19-20H,4,8-11H2,1H3. The van der Waals surface area contributed by atoms with Crippen molar-refractivity contribution in [1.29, 1.82) is 0 Å². The molecule has 1 saturated heterocycles. The molecule has 21 heavy (non-hydrogen) atoms. The van der Waals surface area contributed by atoms with E-state index in [9.17, 15) is 9.50 Å². The summed E-state index contributed by atoms with van der Waals surface area (Å²) in [6.45, 7) is 3.64. The van der Waals surface area contributed by atoms with Crippen molar-refractivity contribution in [1.82, 2.24) is 4.90 Å². The molecule has 2 unspecified atom stereocenters. The van der Waals surface area contributed by atoms with Gasteiger partial charge in [0.05, 0.1) is 18.8 Å². The van der Waals surface area contributed by atoms with Crippen LogP contribution in [0.5, 0.6) is 0 Å². The van der Waals surface area contributed by atoms with Crippen LogP contribution in [0.2, 0.25) is 0 Å². The number of benzene rings is 1. The molecule has 0 bridgehead atoms. The normalized spacial score (nSPS) is 22.7. The van der Waals surface area contributed by atoms with Crippen molar-refractivity contribution in [3.8, 4) is 11.8 Å². The zero-order valence-electron chi connectivity index (χ0n) is 12.1. The third kappa shape index (κ3) is 4.80. The fourth-order valence-corrected chi connectivity index (χ4v) is 2.58. The van der Waals surface area contributed by atoms with E-state index in [1.165, 1.54) is 12.1 Å². The molecule has 5 heteroatoms. The lowest BCUT2D eigenvalue weighted by atomic mass is 10.1. The Morgan fingerprint density at radius 1 is 1.33 bits per heavy atom. The van der Waals surface area contributed by atoms with Crippen LogP contribution in [0, 0.1) is 17.7 Å². The molecule has 2 N–H and O–H groups in total. The van der Waals surface area contributed by atoms with Gasteiger partial charge in [-0.05, 0) is 30.7 Å². The summed E-state index contributed by atoms with van der Waals surface area (Å²) in [5.41, 5.74) is 1.38. The van der Waals surface area contributed by atoms with Gasteiger partial charge in [-0.3, -0.25) is 4.90 Å². The minimum absolute atomic E-state index is 0.0167. The number of rotatable bonds is 3. The van der Waals surface area contributed by atoms with E-state index in [1.54, 1.807) is 0 Å². The monoisotopic (exact) mass is 293 g/mol. The van der Waals surface area contributed by atoms with Crippen LogP contribution in [0.25, 0.3) is 0 Å². The van der Waals surface area contributed by atoms with Crippen LogP contribution < -0.4 is 0 Å². The van der Waals surface area contributed by atoms with Gasteiger partial charge in [-0.1, -0.05) is 11.8 Å². The maximum atomic E-state index is 13.6. The summed E-state index contributed by atoms with van der Waals surface area (Å²) in [4.78, 5) is 2.13. The Balaban J connectivity index is 2.09. The summed E-state index contributed by atoms with van der Waals surface area (Å²) in [5.74, 6) is 4.90. The molecule has 0 radical (unpaired) electrons. The zero-order chi connectivity index (χ0) is 15.2. The second kappa shape index (κ2) is 7.53. The van der Waals surface area contributed by atoms with Crippen molar-refractivity contribution in [3.05, 3.63) is 35.1 Å². The summed E-state index contributed by atoms with van der Waals surface area (Å²) in [5, 5.41) is 17.9. The summed E-state index contributed by atoms with van der Waals surface area (Å²) in [7, 11) is 0. The predicted octanol–water partition coefficient (Wildman–Crippen LogP) is 0.751. The van der Waals surface area contributed by atoms with Crippen LogP contribution in [0.3, 0.4) is 0 Å². The number of hydrogen-bond donors (Lipinski definition) is 2. The van der Waals surface area contributed by atoms with E-state index in [0.717, 1.165) is 12.1 Å². The zero-order valence-corrected chi connectivity index (χ0v) is 12.1. The molecule has 0 aromatic heterocycles. The summed E-state index contributed by atoms with van der Waals surface area (Å²) < 4.78 is 19.2. The van der Waals surface area contributed by atoms with Crippen molar-refractivity contribution in [2.75, 3.05) is 26.3 Å². The number of halogens is 1. The number of ether oxygens (including phenoxy) is 1. The largest absolute Gasteiger partial charge is 0.394 e. The molecule has 1 aliphatic rings. The second-order valence-electron chi connectivity index (χ2n) is 5.25. The highest BCUT2D eigenvalue weighted by molar-refractivity contribution is 5.37. The van der Waals surface area contributed by atoms with Crippen LogP contribution in [0.1, 0.15) is 18.1 Å². The molecule has 2 atom stereocenters. The highest BCUT2D eigenvalue weighted by Crippen LogP contribution is 2.16. The lowest BCUT2D eigenvalue weighted by molar-refractivity contribution is -0.0972. The summed E-state index contributed by atoms with van der Waals surface area (Å²) in [6.07, 6.45) is -0.158. The smallest absolute Gasteiger partial charge is 0.124 e. The van der Waals surface area contributed by atoms with Gasteiger partial charge in [0, 0.05) is 25.2 Å². The summed E-state index contributed by atoms with van der Waals surface area (Å²) in [6, 6.07) is 4.66. The van der Waals surface area contributed by atoms with Crippen molar-refractivity contribution >= 4 is 0 Å². The van der Waals surface area contributed by atoms with E-state index < -0.39 is 0 Å². The van der Waals surface area contributed by atoms with Crippen LogP contribution in [-0.2, 0) is 11.3 Å². The van der Waals surface area contributed by atoms with Gasteiger partial charge in [-0.15, -0.1) is 0 Å². The van der Waals surface area contributed by atoms with E-state index in [0.29, 0.717) is 18.7 Å². The molecule has 114 valence electrons. The maximum absolute atomic E-state index is 13.6. The van der Waals surface area contributed by atoms with Crippen LogP contribution in [-0.4, -0.2) is 53.6 Å². The first kappa shape index (κ1) is 15.9. The van der Waals surface area contributed by atoms with E-state index in [2.05, 4.69) is 16.7 Å². The van der Waals surface area contributed by atoms with Crippen molar-refractivity contribution in [3.63, 3.8) is 0 Å². The number of aliphatic hydroxyl groups excluding tert-OH is 2. The van der Waals surface area contributed by atoms with Gasteiger partial charge in [0.15, 0.2) is 0 Å². The highest BCUT2D eigenvalue weighted by Gasteiger charge is 2.24. The molecule has 1 heterocycles. The van der Waals surface area contributed by atoms with Gasteiger partial charge >= 0.3 is 0 Å². The molecule has 1 fully saturated rings. The molecule has 0 saturated carbocycles. The molecule has 1 aliphatic heterocycles. The Morgan fingerprint density at radius 2 is 2.14 bits per heavy atom. The van der Waals surface area contributed by atoms with Gasteiger partial charge in [0.1, 0.15) is 12.4 Å². The number of morpholine rings is 1. The fourth-order valence-electron chi connectivity index (χ4n) is 2.58. The topological polar surface area (TPSA) is 52.9 Å². The Morgan fingerprint density at radius 3 is 2.86 bits per heavy atom. The van der Waals surface area contributed by atoms with Gasteiger partial charge in [0.2, 0.25) is 0 Å². The van der Waals surface area contributed by atoms with Crippen molar-refractivity contribution < 1.29 is 19.3 Å². The number of aliphatic hydroxyl groups is 2. The van der Waals surface area contributed by atoms with Crippen molar-refractivity contribution in [2.45, 2.75) is 25.7 Å². The minimum atomic E-state index is -0.338. The third-order valence-electron chi connectivity index (χ3n) is 3.28. The van der Waals surface area contributed by atoms with Gasteiger partial charge in [0.25, 0.3) is 0 Å². The predicted molar refractivity (Wildman–Crippen MR) is 77.1 cm³/mol. The average Bonchev–Trinajstić information content (AvgIpc) is 2.43. The Hall–Kier alpha value is -1.45. The lowest BCUT2D eigenvalue weighted by Crippen LogP contribution is -2.47. The fraction of sp³-hybridized carbons (Fsp3) is 0.500. The Labute approximate surface area is 124 Å². The molecule has 0 amide bonds. The summed E-state index contributed by atoms with van der Waals surface area (Å²) >= 11 is 0. The first-order valence-electron chi connectivity index (χ1n) is 6.98. The molecule has 0 spiro atoms. The molecule has 1 aromatic carbocycles. The minimum Gasteiger partial charge on any atom is -0.394 e. The Bertz CT molecular complexity index is 538. The number of hydrogen-bond acceptors (Lipinski definition) is 4. The molecule has 4 nitrogen and oxygen atoms in total.